The molecule has 0 radical (unpaired) electrons. The second kappa shape index (κ2) is 13.8. The molecule has 3 aromatic rings. The molecule has 0 aromatic heterocycles. The SMILES string of the molecule is COc1cc2ccc1OCC(=O)N[C@@H]1CN(C(=O)CCc3ccc4c(c3)OCO4)CC[C@H]1Oc1ccc(cc1)CNC(=O)CC2. The maximum Gasteiger partial charge on any atom is 0.258 e. The van der Waals surface area contributed by atoms with Gasteiger partial charge < -0.3 is 39.2 Å². The number of piperidine rings is 1. The largest absolute Gasteiger partial charge is 0.493 e. The van der Waals surface area contributed by atoms with Crippen LogP contribution in [0.4, 0.5) is 0 Å². The van der Waals surface area contributed by atoms with E-state index in [4.69, 9.17) is 23.7 Å². The van der Waals surface area contributed by atoms with E-state index in [2.05, 4.69) is 10.6 Å². The number of likely N-dealkylation sites (tertiary alicyclic amines) is 1. The molecule has 3 amide bonds. The number of carbonyl (C=O) groups is 3. The van der Waals surface area contributed by atoms with Crippen LogP contribution in [0, 0.1) is 0 Å². The van der Waals surface area contributed by atoms with E-state index in [9.17, 15) is 14.4 Å². The molecule has 0 aliphatic carbocycles. The number of hydrogen-bond donors (Lipinski definition) is 2. The number of fused-ring (bicyclic) bond motifs is 1. The number of amides is 3. The predicted molar refractivity (Wildman–Crippen MR) is 164 cm³/mol. The fraction of sp³-hybridized carbons (Fsp3) is 0.382. The summed E-state index contributed by atoms with van der Waals surface area (Å²) >= 11 is 0. The van der Waals surface area contributed by atoms with Gasteiger partial charge in [-0.25, -0.2) is 0 Å². The zero-order valence-corrected chi connectivity index (χ0v) is 25.2. The van der Waals surface area contributed by atoms with Crippen molar-refractivity contribution >= 4 is 17.7 Å². The highest BCUT2D eigenvalue weighted by Crippen LogP contribution is 2.33. The van der Waals surface area contributed by atoms with E-state index in [0.29, 0.717) is 80.5 Å². The number of carbonyl (C=O) groups excluding carboxylic acids is 3. The molecule has 0 unspecified atom stereocenters. The van der Waals surface area contributed by atoms with Crippen LogP contribution in [0.3, 0.4) is 0 Å². The molecule has 11 heteroatoms. The summed E-state index contributed by atoms with van der Waals surface area (Å²) in [5.41, 5.74) is 2.86. The van der Waals surface area contributed by atoms with E-state index >= 15 is 0 Å². The average Bonchev–Trinajstić information content (AvgIpc) is 3.53. The molecule has 4 bridgehead atoms. The normalized spacial score (nSPS) is 19.9. The monoisotopic (exact) mass is 615 g/mol. The van der Waals surface area contributed by atoms with Gasteiger partial charge >= 0.3 is 0 Å². The van der Waals surface area contributed by atoms with Gasteiger partial charge in [0.15, 0.2) is 29.6 Å². The Morgan fingerprint density at radius 3 is 2.56 bits per heavy atom. The van der Waals surface area contributed by atoms with Crippen LogP contribution in [-0.4, -0.2) is 68.4 Å². The molecule has 2 atom stereocenters. The molecule has 236 valence electrons. The average molecular weight is 616 g/mol. The Bertz CT molecular complexity index is 1540. The van der Waals surface area contributed by atoms with Gasteiger partial charge in [0, 0.05) is 38.9 Å². The first kappa shape index (κ1) is 30.1. The van der Waals surface area contributed by atoms with Crippen LogP contribution in [0.5, 0.6) is 28.7 Å². The van der Waals surface area contributed by atoms with Crippen LogP contribution >= 0.6 is 0 Å². The standard InChI is InChI=1S/C34H37N3O8/c1-41-30-16-22-4-10-28(30)42-20-33(39)36-26-19-37(34(40)13-7-23-5-11-29-31(17-23)44-21-43-29)15-14-27(26)45-25-8-2-24(3-9-25)18-35-32(38)12-6-22/h2-5,8-11,16-17,26-27H,6-7,12-15,18-21H2,1H3,(H,35,38)(H,36,39)/t26-,27-/m1/s1. The number of nitrogens with zero attached hydrogens (tertiary/aromatic N) is 1. The summed E-state index contributed by atoms with van der Waals surface area (Å²) in [5.74, 6) is 2.56. The van der Waals surface area contributed by atoms with Crippen molar-refractivity contribution in [2.75, 3.05) is 33.6 Å². The van der Waals surface area contributed by atoms with Crippen LogP contribution in [0.15, 0.2) is 60.7 Å². The fourth-order valence-electron chi connectivity index (χ4n) is 5.73. The third-order valence-corrected chi connectivity index (χ3v) is 8.24. The molecule has 0 saturated carbocycles. The van der Waals surface area contributed by atoms with Crippen LogP contribution in [0.1, 0.15) is 36.0 Å². The first-order chi connectivity index (χ1) is 21.9. The highest BCUT2D eigenvalue weighted by Gasteiger charge is 2.34. The summed E-state index contributed by atoms with van der Waals surface area (Å²) in [6.07, 6.45) is 1.91. The zero-order valence-electron chi connectivity index (χ0n) is 25.2. The number of benzene rings is 3. The van der Waals surface area contributed by atoms with Crippen molar-refractivity contribution in [2.24, 2.45) is 0 Å². The zero-order chi connectivity index (χ0) is 31.2. The number of methoxy groups -OCH3 is 1. The molecule has 11 nitrogen and oxygen atoms in total. The second-order valence-electron chi connectivity index (χ2n) is 11.3. The Hall–Kier alpha value is -4.93. The van der Waals surface area contributed by atoms with Crippen molar-refractivity contribution in [3.8, 4) is 28.7 Å². The van der Waals surface area contributed by atoms with Gasteiger partial charge in [-0.3, -0.25) is 14.4 Å². The smallest absolute Gasteiger partial charge is 0.258 e. The minimum Gasteiger partial charge on any atom is -0.493 e. The van der Waals surface area contributed by atoms with Gasteiger partial charge in [0.2, 0.25) is 18.6 Å². The lowest BCUT2D eigenvalue weighted by Crippen LogP contribution is -2.58. The molecule has 45 heavy (non-hydrogen) atoms. The van der Waals surface area contributed by atoms with Gasteiger partial charge in [-0.1, -0.05) is 24.3 Å². The number of ether oxygens (including phenoxy) is 5. The lowest BCUT2D eigenvalue weighted by Gasteiger charge is -2.39. The maximum atomic E-state index is 13.3. The highest BCUT2D eigenvalue weighted by atomic mass is 16.7. The summed E-state index contributed by atoms with van der Waals surface area (Å²) in [7, 11) is 1.53. The molecule has 6 heterocycles. The molecule has 6 aliphatic rings. The summed E-state index contributed by atoms with van der Waals surface area (Å²) in [6.45, 7) is 1.17. The molecule has 1 fully saturated rings. The van der Waals surface area contributed by atoms with Crippen LogP contribution in [0.2, 0.25) is 0 Å². The molecule has 2 N–H and O–H groups in total. The highest BCUT2D eigenvalue weighted by molar-refractivity contribution is 5.79. The molecular formula is C34H37N3O8. The van der Waals surface area contributed by atoms with Gasteiger partial charge in [0.1, 0.15) is 11.9 Å². The molecule has 6 aliphatic heterocycles. The fourth-order valence-corrected chi connectivity index (χ4v) is 5.73. The van der Waals surface area contributed by atoms with Gasteiger partial charge in [0.05, 0.1) is 13.2 Å². The minimum atomic E-state index is -0.460. The molecule has 0 spiro atoms. The second-order valence-corrected chi connectivity index (χ2v) is 11.3. The van der Waals surface area contributed by atoms with Gasteiger partial charge in [0.25, 0.3) is 5.91 Å². The van der Waals surface area contributed by atoms with E-state index in [-0.39, 0.29) is 37.2 Å². The predicted octanol–water partition coefficient (Wildman–Crippen LogP) is 3.16. The lowest BCUT2D eigenvalue weighted by atomic mass is 10.0. The first-order valence-corrected chi connectivity index (χ1v) is 15.2. The number of rotatable bonds is 4. The van der Waals surface area contributed by atoms with Crippen molar-refractivity contribution in [1.29, 1.82) is 0 Å². The van der Waals surface area contributed by atoms with Crippen LogP contribution < -0.4 is 34.3 Å². The van der Waals surface area contributed by atoms with Gasteiger partial charge in [-0.2, -0.15) is 0 Å². The van der Waals surface area contributed by atoms with E-state index in [1.165, 1.54) is 7.11 Å². The van der Waals surface area contributed by atoms with Crippen molar-refractivity contribution in [2.45, 2.75) is 50.8 Å². The van der Waals surface area contributed by atoms with Crippen LogP contribution in [-0.2, 0) is 33.8 Å². The van der Waals surface area contributed by atoms with E-state index in [1.54, 1.807) is 11.0 Å². The molecular weight excluding hydrogens is 578 g/mol. The summed E-state index contributed by atoms with van der Waals surface area (Å²) in [5, 5.41) is 6.02. The summed E-state index contributed by atoms with van der Waals surface area (Å²) in [6, 6.07) is 18.2. The Kier molecular flexibility index (Phi) is 9.23. The van der Waals surface area contributed by atoms with Gasteiger partial charge in [-0.05, 0) is 65.9 Å². The number of nitrogens with one attached hydrogen (secondary N) is 2. The maximum absolute atomic E-state index is 13.3. The minimum absolute atomic E-state index is 0.000665. The third kappa shape index (κ3) is 7.60. The van der Waals surface area contributed by atoms with E-state index in [0.717, 1.165) is 16.7 Å². The topological polar surface area (TPSA) is 125 Å². The number of hydrogen-bond acceptors (Lipinski definition) is 8. The van der Waals surface area contributed by atoms with E-state index in [1.807, 2.05) is 54.6 Å². The summed E-state index contributed by atoms with van der Waals surface area (Å²) < 4.78 is 28.5. The lowest BCUT2D eigenvalue weighted by molar-refractivity contribution is -0.135. The Morgan fingerprint density at radius 1 is 0.911 bits per heavy atom. The Morgan fingerprint density at radius 2 is 1.71 bits per heavy atom. The van der Waals surface area contributed by atoms with Crippen molar-refractivity contribution in [3.63, 3.8) is 0 Å². The first-order valence-electron chi connectivity index (χ1n) is 15.2. The molecule has 1 saturated heterocycles. The Balaban J connectivity index is 1.16. The quantitative estimate of drug-likeness (QED) is 0.459. The number of aryl methyl sites for hydroxylation is 2. The van der Waals surface area contributed by atoms with Crippen molar-refractivity contribution < 1.29 is 38.1 Å². The third-order valence-electron chi connectivity index (χ3n) is 8.24. The van der Waals surface area contributed by atoms with Crippen molar-refractivity contribution in [1.82, 2.24) is 15.5 Å². The van der Waals surface area contributed by atoms with E-state index < -0.39 is 6.04 Å². The van der Waals surface area contributed by atoms with Crippen molar-refractivity contribution in [3.05, 3.63) is 77.4 Å². The van der Waals surface area contributed by atoms with Crippen LogP contribution in [0.25, 0.3) is 0 Å². The Labute approximate surface area is 261 Å². The van der Waals surface area contributed by atoms with Gasteiger partial charge in [-0.15, -0.1) is 0 Å². The summed E-state index contributed by atoms with van der Waals surface area (Å²) in [4.78, 5) is 40.7. The molecule has 9 rings (SSSR count). The molecule has 3 aromatic carbocycles.